The number of halogens is 1. The maximum atomic E-state index is 16.5. The molecule has 9 nitrogen and oxygen atoms in total. The minimum atomic E-state index is -0.430. The van der Waals surface area contributed by atoms with Gasteiger partial charge in [-0.15, -0.1) is 23.5 Å². The summed E-state index contributed by atoms with van der Waals surface area (Å²) in [5.41, 5.74) is 9.79. The minimum Gasteiger partial charge on any atom is -0.491 e. The summed E-state index contributed by atoms with van der Waals surface area (Å²) in [6.45, 7) is 3.39. The van der Waals surface area contributed by atoms with E-state index in [-0.39, 0.29) is 11.4 Å². The molecule has 3 fully saturated rings. The van der Waals surface area contributed by atoms with Gasteiger partial charge in [0.15, 0.2) is 0 Å². The van der Waals surface area contributed by atoms with Crippen LogP contribution >= 0.6 is 23.5 Å². The number of benzene rings is 2. The molecule has 5 aliphatic rings. The number of thioether (sulfide) groups is 2. The van der Waals surface area contributed by atoms with Gasteiger partial charge in [0, 0.05) is 65.0 Å². The highest BCUT2D eigenvalue weighted by molar-refractivity contribution is 7.98. The lowest BCUT2D eigenvalue weighted by atomic mass is 9.50. The number of anilines is 1. The van der Waals surface area contributed by atoms with Crippen molar-refractivity contribution in [3.8, 4) is 16.9 Å². The summed E-state index contributed by atoms with van der Waals surface area (Å²) in [7, 11) is 5.28. The van der Waals surface area contributed by atoms with E-state index in [0.29, 0.717) is 42.0 Å². The van der Waals surface area contributed by atoms with Gasteiger partial charge < -0.3 is 19.4 Å². The molecular formula is C39H43FN6O3S2. The molecule has 0 amide bonds. The highest BCUT2D eigenvalue weighted by atomic mass is 32.2. The molecule has 0 spiro atoms. The highest BCUT2D eigenvalue weighted by Crippen LogP contribution is 2.63. The van der Waals surface area contributed by atoms with E-state index in [0.717, 1.165) is 101 Å². The lowest BCUT2D eigenvalue weighted by Gasteiger charge is -2.61. The molecule has 3 aromatic heterocycles. The summed E-state index contributed by atoms with van der Waals surface area (Å²) >= 11 is 3.60. The molecule has 12 heteroatoms. The molecule has 10 bridgehead atoms. The van der Waals surface area contributed by atoms with Crippen LogP contribution in [0.25, 0.3) is 22.0 Å². The summed E-state index contributed by atoms with van der Waals surface area (Å²) in [5, 5.41) is 14.5. The Morgan fingerprint density at radius 1 is 1.06 bits per heavy atom. The number of carbonyl (C=O) groups is 1. The number of esters is 1. The first kappa shape index (κ1) is 33.0. The largest absolute Gasteiger partial charge is 0.491 e. The van der Waals surface area contributed by atoms with Gasteiger partial charge in [0.05, 0.1) is 47.5 Å². The first-order valence-corrected chi connectivity index (χ1v) is 20.1. The van der Waals surface area contributed by atoms with E-state index >= 15 is 4.39 Å². The average molecular weight is 727 g/mol. The SMILES string of the molecule is COC(=O)c1c2c3ccc(F)c(c3n1C)-c1c(C)nn(C34CC(C3)C4)c1CSCc1cc(n(C)n1)CSc1cc3c(c(c1)OCCC2)NCCC3. The fourth-order valence-corrected chi connectivity index (χ4v) is 10.8. The molecule has 0 atom stereocenters. The van der Waals surface area contributed by atoms with E-state index in [1.54, 1.807) is 17.8 Å². The fourth-order valence-electron chi connectivity index (χ4n) is 8.92. The molecule has 5 heterocycles. The van der Waals surface area contributed by atoms with E-state index in [1.165, 1.54) is 23.3 Å². The summed E-state index contributed by atoms with van der Waals surface area (Å²) in [5.74, 6) is 3.09. The Hall–Kier alpha value is -3.90. The van der Waals surface area contributed by atoms with Crippen molar-refractivity contribution in [3.63, 3.8) is 0 Å². The standard InChI is InChI=1S/C39H43FN6O3S2/c1-22-33-31(46(42-22)39-16-23(17-39)18-39)21-50-19-25-14-26(45(3)43-25)20-51-27-13-24-7-5-11-41-35(24)32(15-27)49-12-6-8-28-29-9-10-30(40)34(33)36(29)44(2)37(28)38(47)48-4/h9-10,13-15,23,41H,5-8,11-12,16-21H2,1-4H3. The number of nitrogens with zero attached hydrogens (tertiary/aromatic N) is 5. The van der Waals surface area contributed by atoms with E-state index < -0.39 is 5.97 Å². The van der Waals surface area contributed by atoms with Gasteiger partial charge in [-0.1, -0.05) is 0 Å². The lowest BCUT2D eigenvalue weighted by molar-refractivity contribution is -0.0993. The van der Waals surface area contributed by atoms with Crippen LogP contribution in [0.4, 0.5) is 10.1 Å². The van der Waals surface area contributed by atoms with E-state index in [4.69, 9.17) is 19.7 Å². The summed E-state index contributed by atoms with van der Waals surface area (Å²) in [4.78, 5) is 14.6. The number of aromatic nitrogens is 5. The van der Waals surface area contributed by atoms with Gasteiger partial charge in [0.1, 0.15) is 17.3 Å². The molecule has 266 valence electrons. The van der Waals surface area contributed by atoms with Crippen molar-refractivity contribution in [2.24, 2.45) is 20.0 Å². The van der Waals surface area contributed by atoms with Crippen LogP contribution in [0.15, 0.2) is 35.2 Å². The van der Waals surface area contributed by atoms with Crippen LogP contribution in [-0.4, -0.2) is 50.4 Å². The van der Waals surface area contributed by atoms with E-state index in [2.05, 4.69) is 28.2 Å². The topological polar surface area (TPSA) is 88.1 Å². The summed E-state index contributed by atoms with van der Waals surface area (Å²) < 4.78 is 34.4. The van der Waals surface area contributed by atoms with Gasteiger partial charge in [-0.2, -0.15) is 10.2 Å². The molecule has 0 saturated heterocycles. The zero-order valence-corrected chi connectivity index (χ0v) is 31.2. The third-order valence-electron chi connectivity index (χ3n) is 11.5. The number of carbonyl (C=O) groups excluding carboxylic acids is 1. The number of aryl methyl sites for hydroxylation is 5. The molecule has 3 saturated carbocycles. The average Bonchev–Trinajstić information content (AvgIpc) is 3.69. The first-order chi connectivity index (χ1) is 24.7. The Balaban J connectivity index is 1.18. The first-order valence-electron chi connectivity index (χ1n) is 18.0. The Kier molecular flexibility index (Phi) is 8.18. The van der Waals surface area contributed by atoms with Crippen molar-refractivity contribution in [1.82, 2.24) is 24.1 Å². The Labute approximate surface area is 305 Å². The second kappa shape index (κ2) is 12.6. The van der Waals surface area contributed by atoms with Crippen molar-refractivity contribution in [2.75, 3.05) is 25.6 Å². The third-order valence-corrected chi connectivity index (χ3v) is 13.4. The normalized spacial score (nSPS) is 21.4. The van der Waals surface area contributed by atoms with Crippen LogP contribution < -0.4 is 10.1 Å². The summed E-state index contributed by atoms with van der Waals surface area (Å²) in [6.07, 6.45) is 6.73. The van der Waals surface area contributed by atoms with Crippen LogP contribution in [0.1, 0.15) is 76.5 Å². The minimum absolute atomic E-state index is 0.0254. The number of fused-ring (bicyclic) bond motifs is 8. The maximum absolute atomic E-state index is 16.5. The van der Waals surface area contributed by atoms with Crippen molar-refractivity contribution in [3.05, 3.63) is 75.7 Å². The van der Waals surface area contributed by atoms with Gasteiger partial charge in [-0.25, -0.2) is 9.18 Å². The van der Waals surface area contributed by atoms with Gasteiger partial charge in [-0.3, -0.25) is 9.36 Å². The molecule has 3 aliphatic carbocycles. The second-order valence-electron chi connectivity index (χ2n) is 14.7. The molecule has 10 rings (SSSR count). The van der Waals surface area contributed by atoms with E-state index in [1.807, 2.05) is 48.1 Å². The zero-order valence-electron chi connectivity index (χ0n) is 29.6. The molecule has 51 heavy (non-hydrogen) atoms. The molecule has 2 aliphatic heterocycles. The number of ether oxygens (including phenoxy) is 2. The van der Waals surface area contributed by atoms with Gasteiger partial charge in [-0.05, 0) is 99.2 Å². The fraction of sp³-hybridized carbons (Fsp3) is 0.462. The van der Waals surface area contributed by atoms with Crippen LogP contribution in [0, 0.1) is 18.7 Å². The van der Waals surface area contributed by atoms with Crippen molar-refractivity contribution < 1.29 is 18.7 Å². The Morgan fingerprint density at radius 3 is 2.69 bits per heavy atom. The smallest absolute Gasteiger partial charge is 0.354 e. The van der Waals surface area contributed by atoms with Crippen molar-refractivity contribution >= 4 is 46.1 Å². The zero-order chi connectivity index (χ0) is 35.0. The monoisotopic (exact) mass is 726 g/mol. The quantitative estimate of drug-likeness (QED) is 0.184. The molecule has 0 unspecified atom stereocenters. The Morgan fingerprint density at radius 2 is 1.90 bits per heavy atom. The number of hydrogen-bond acceptors (Lipinski definition) is 8. The van der Waals surface area contributed by atoms with Gasteiger partial charge in [0.25, 0.3) is 0 Å². The Bertz CT molecular complexity index is 2200. The van der Waals surface area contributed by atoms with Gasteiger partial charge in [0.2, 0.25) is 0 Å². The van der Waals surface area contributed by atoms with Gasteiger partial charge >= 0.3 is 5.97 Å². The molecule has 2 aromatic carbocycles. The highest BCUT2D eigenvalue weighted by Gasteiger charge is 2.59. The molecular weight excluding hydrogens is 684 g/mol. The molecule has 0 radical (unpaired) electrons. The number of methoxy groups -OCH3 is 1. The number of hydrogen-bond donors (Lipinski definition) is 1. The number of rotatable bonds is 2. The molecule has 1 N–H and O–H groups in total. The van der Waals surface area contributed by atoms with E-state index in [9.17, 15) is 4.79 Å². The predicted molar refractivity (Wildman–Crippen MR) is 200 cm³/mol. The van der Waals surface area contributed by atoms with Crippen LogP contribution in [0.2, 0.25) is 0 Å². The van der Waals surface area contributed by atoms with Crippen LogP contribution in [0.5, 0.6) is 5.75 Å². The number of nitrogens with one attached hydrogen (secondary N) is 1. The second-order valence-corrected chi connectivity index (χ2v) is 16.7. The van der Waals surface area contributed by atoms with Crippen molar-refractivity contribution in [2.45, 2.75) is 79.6 Å². The lowest BCUT2D eigenvalue weighted by Crippen LogP contribution is -2.60. The molecule has 5 aromatic rings. The van der Waals surface area contributed by atoms with Crippen LogP contribution in [-0.2, 0) is 54.5 Å². The summed E-state index contributed by atoms with van der Waals surface area (Å²) in [6, 6.07) is 10.0. The van der Waals surface area contributed by atoms with Crippen molar-refractivity contribution in [1.29, 1.82) is 0 Å². The maximum Gasteiger partial charge on any atom is 0.354 e. The third kappa shape index (κ3) is 5.38. The predicted octanol–water partition coefficient (Wildman–Crippen LogP) is 7.93. The van der Waals surface area contributed by atoms with Crippen LogP contribution in [0.3, 0.4) is 0 Å².